The Balaban J connectivity index is 1.40. The van der Waals surface area contributed by atoms with Gasteiger partial charge in [0, 0.05) is 30.9 Å². The molecule has 1 unspecified atom stereocenters. The van der Waals surface area contributed by atoms with Gasteiger partial charge in [0.1, 0.15) is 22.9 Å². The maximum atomic E-state index is 12.6. The highest BCUT2D eigenvalue weighted by atomic mass is 19.3. The highest BCUT2D eigenvalue weighted by molar-refractivity contribution is 5.94. The zero-order chi connectivity index (χ0) is 24.1. The first kappa shape index (κ1) is 23.2. The van der Waals surface area contributed by atoms with Crippen molar-refractivity contribution < 1.29 is 27.8 Å². The number of alkyl halides is 2. The summed E-state index contributed by atoms with van der Waals surface area (Å²) in [5.41, 5.74) is 2.88. The van der Waals surface area contributed by atoms with Gasteiger partial charge in [-0.3, -0.25) is 14.6 Å². The summed E-state index contributed by atoms with van der Waals surface area (Å²) >= 11 is 0. The molecule has 9 heteroatoms. The number of aryl methyl sites for hydroxylation is 1. The minimum Gasteiger partial charge on any atom is -0.457 e. The molecule has 0 fully saturated rings. The number of amides is 2. The van der Waals surface area contributed by atoms with Crippen LogP contribution < -0.4 is 20.1 Å². The highest BCUT2D eigenvalue weighted by Gasteiger charge is 2.21. The summed E-state index contributed by atoms with van der Waals surface area (Å²) in [5, 5.41) is 5.54. The van der Waals surface area contributed by atoms with Crippen LogP contribution in [-0.4, -0.2) is 36.5 Å². The zero-order valence-electron chi connectivity index (χ0n) is 18.4. The third-order valence-electron chi connectivity index (χ3n) is 5.51. The Labute approximate surface area is 195 Å². The molecule has 1 aliphatic carbocycles. The standard InChI is InChI=1S/C25H23F2N3O4/c1-28-24(32)22-14-21(10-11-29-22)33-20-9-3-15-2-6-18(12-17(15)13-20)30-23(31)16-4-7-19(8-5-16)34-25(26)27/h3-5,7-11,13-14,18,25H,2,6,12H2,1H3,(H,28,32)(H,30,31). The van der Waals surface area contributed by atoms with Crippen molar-refractivity contribution in [3.8, 4) is 17.2 Å². The number of carbonyl (C=O) groups is 2. The van der Waals surface area contributed by atoms with Gasteiger partial charge < -0.3 is 20.1 Å². The number of pyridine rings is 1. The van der Waals surface area contributed by atoms with Crippen LogP contribution in [0.5, 0.6) is 17.2 Å². The second kappa shape index (κ2) is 10.3. The molecule has 2 N–H and O–H groups in total. The van der Waals surface area contributed by atoms with Crippen LogP contribution in [0.3, 0.4) is 0 Å². The van der Waals surface area contributed by atoms with E-state index >= 15 is 0 Å². The number of aromatic nitrogens is 1. The zero-order valence-corrected chi connectivity index (χ0v) is 18.4. The first-order valence-electron chi connectivity index (χ1n) is 10.7. The summed E-state index contributed by atoms with van der Waals surface area (Å²) in [4.78, 5) is 28.4. The molecule has 2 amide bonds. The second-order valence-electron chi connectivity index (χ2n) is 7.80. The number of rotatable bonds is 7. The van der Waals surface area contributed by atoms with Crippen LogP contribution in [0.2, 0.25) is 0 Å². The third-order valence-corrected chi connectivity index (χ3v) is 5.51. The number of hydrogen-bond donors (Lipinski definition) is 2. The van der Waals surface area contributed by atoms with Gasteiger partial charge in [0.25, 0.3) is 11.8 Å². The minimum absolute atomic E-state index is 0.00214. The average molecular weight is 467 g/mol. The van der Waals surface area contributed by atoms with Crippen LogP contribution in [0.4, 0.5) is 8.78 Å². The maximum absolute atomic E-state index is 12.6. The van der Waals surface area contributed by atoms with Gasteiger partial charge >= 0.3 is 6.61 Å². The predicted molar refractivity (Wildman–Crippen MR) is 120 cm³/mol. The van der Waals surface area contributed by atoms with E-state index in [0.29, 0.717) is 23.5 Å². The van der Waals surface area contributed by atoms with E-state index in [1.165, 1.54) is 43.1 Å². The quantitative estimate of drug-likeness (QED) is 0.546. The van der Waals surface area contributed by atoms with Gasteiger partial charge in [-0.2, -0.15) is 8.78 Å². The van der Waals surface area contributed by atoms with Gasteiger partial charge in [0.15, 0.2) is 0 Å². The Morgan fingerprint density at radius 3 is 2.44 bits per heavy atom. The average Bonchev–Trinajstić information content (AvgIpc) is 2.83. The van der Waals surface area contributed by atoms with Crippen molar-refractivity contribution in [3.63, 3.8) is 0 Å². The molecule has 1 aliphatic rings. The van der Waals surface area contributed by atoms with Crippen molar-refractivity contribution in [2.24, 2.45) is 0 Å². The van der Waals surface area contributed by atoms with E-state index in [9.17, 15) is 18.4 Å². The summed E-state index contributed by atoms with van der Waals surface area (Å²) in [6, 6.07) is 14.6. The van der Waals surface area contributed by atoms with Crippen molar-refractivity contribution in [3.05, 3.63) is 83.2 Å². The Hall–Kier alpha value is -4.01. The number of nitrogens with one attached hydrogen (secondary N) is 2. The van der Waals surface area contributed by atoms with Gasteiger partial charge in [-0.1, -0.05) is 6.07 Å². The smallest absolute Gasteiger partial charge is 0.387 e. The van der Waals surface area contributed by atoms with Crippen molar-refractivity contribution in [2.45, 2.75) is 31.9 Å². The molecule has 0 bridgehead atoms. The Bertz CT molecular complexity index is 1190. The van der Waals surface area contributed by atoms with E-state index in [-0.39, 0.29) is 29.3 Å². The largest absolute Gasteiger partial charge is 0.457 e. The van der Waals surface area contributed by atoms with E-state index in [4.69, 9.17) is 4.74 Å². The number of benzene rings is 2. The third kappa shape index (κ3) is 5.67. The molecule has 0 spiro atoms. The molecule has 1 aromatic heterocycles. The Kier molecular flexibility index (Phi) is 7.01. The van der Waals surface area contributed by atoms with Gasteiger partial charge in [-0.25, -0.2) is 0 Å². The lowest BCUT2D eigenvalue weighted by molar-refractivity contribution is -0.0498. The van der Waals surface area contributed by atoms with E-state index in [2.05, 4.69) is 20.4 Å². The fourth-order valence-electron chi connectivity index (χ4n) is 3.84. The summed E-state index contributed by atoms with van der Waals surface area (Å²) in [5.74, 6) is 0.541. The molecule has 176 valence electrons. The molecule has 4 rings (SSSR count). The molecule has 0 radical (unpaired) electrons. The SMILES string of the molecule is CNC(=O)c1cc(Oc2ccc3c(c2)CC(NC(=O)c2ccc(OC(F)F)cc2)CC3)ccn1. The molecule has 0 aliphatic heterocycles. The van der Waals surface area contributed by atoms with Crippen molar-refractivity contribution in [1.29, 1.82) is 0 Å². The van der Waals surface area contributed by atoms with E-state index < -0.39 is 6.61 Å². The molecular weight excluding hydrogens is 444 g/mol. The van der Waals surface area contributed by atoms with E-state index in [0.717, 1.165) is 18.4 Å². The maximum Gasteiger partial charge on any atom is 0.387 e. The monoisotopic (exact) mass is 467 g/mol. The summed E-state index contributed by atoms with van der Waals surface area (Å²) in [6.07, 6.45) is 3.73. The van der Waals surface area contributed by atoms with Crippen LogP contribution >= 0.6 is 0 Å². The van der Waals surface area contributed by atoms with Crippen molar-refractivity contribution >= 4 is 11.8 Å². The number of carbonyl (C=O) groups excluding carboxylic acids is 2. The van der Waals surface area contributed by atoms with E-state index in [1.54, 1.807) is 12.1 Å². The molecule has 0 saturated carbocycles. The molecule has 34 heavy (non-hydrogen) atoms. The Morgan fingerprint density at radius 1 is 0.971 bits per heavy atom. The van der Waals surface area contributed by atoms with Crippen LogP contribution in [0.25, 0.3) is 0 Å². The Morgan fingerprint density at radius 2 is 1.71 bits per heavy atom. The first-order chi connectivity index (χ1) is 16.4. The van der Waals surface area contributed by atoms with Gasteiger partial charge in [0.05, 0.1) is 0 Å². The summed E-state index contributed by atoms with van der Waals surface area (Å²) < 4.78 is 34.8. The molecule has 7 nitrogen and oxygen atoms in total. The number of hydrogen-bond acceptors (Lipinski definition) is 5. The van der Waals surface area contributed by atoms with Gasteiger partial charge in [-0.15, -0.1) is 0 Å². The normalized spacial score (nSPS) is 14.8. The molecule has 1 heterocycles. The lowest BCUT2D eigenvalue weighted by Crippen LogP contribution is -2.38. The second-order valence-corrected chi connectivity index (χ2v) is 7.80. The van der Waals surface area contributed by atoms with Crippen LogP contribution in [-0.2, 0) is 12.8 Å². The molecule has 3 aromatic rings. The lowest BCUT2D eigenvalue weighted by atomic mass is 9.88. The highest BCUT2D eigenvalue weighted by Crippen LogP contribution is 2.29. The summed E-state index contributed by atoms with van der Waals surface area (Å²) in [6.45, 7) is -2.91. The molecule has 1 atom stereocenters. The molecule has 2 aromatic carbocycles. The number of nitrogens with zero attached hydrogens (tertiary/aromatic N) is 1. The number of halogens is 2. The van der Waals surface area contributed by atoms with Crippen LogP contribution in [0, 0.1) is 0 Å². The molecule has 0 saturated heterocycles. The summed E-state index contributed by atoms with van der Waals surface area (Å²) in [7, 11) is 1.53. The van der Waals surface area contributed by atoms with Crippen molar-refractivity contribution in [2.75, 3.05) is 7.05 Å². The van der Waals surface area contributed by atoms with Crippen molar-refractivity contribution in [1.82, 2.24) is 15.6 Å². The van der Waals surface area contributed by atoms with Gasteiger partial charge in [-0.05, 0) is 72.9 Å². The minimum atomic E-state index is -2.91. The van der Waals surface area contributed by atoms with Crippen LogP contribution in [0.1, 0.15) is 38.4 Å². The van der Waals surface area contributed by atoms with Crippen LogP contribution in [0.15, 0.2) is 60.8 Å². The molecular formula is C25H23F2N3O4. The number of fused-ring (bicyclic) bond motifs is 1. The fourth-order valence-corrected chi connectivity index (χ4v) is 3.84. The topological polar surface area (TPSA) is 89.6 Å². The lowest BCUT2D eigenvalue weighted by Gasteiger charge is -2.26. The number of ether oxygens (including phenoxy) is 2. The van der Waals surface area contributed by atoms with E-state index in [1.807, 2.05) is 18.2 Å². The first-order valence-corrected chi connectivity index (χ1v) is 10.7. The predicted octanol–water partition coefficient (Wildman–Crippen LogP) is 4.12. The van der Waals surface area contributed by atoms with Gasteiger partial charge in [0.2, 0.25) is 0 Å². The fraction of sp³-hybridized carbons (Fsp3) is 0.240.